The van der Waals surface area contributed by atoms with E-state index < -0.39 is 0 Å². The molecule has 0 unspecified atom stereocenters. The number of nitrogens with one attached hydrogen (secondary N) is 1. The molecule has 2 heteroatoms. The molecule has 0 radical (unpaired) electrons. The predicted molar refractivity (Wildman–Crippen MR) is 46.1 cm³/mol. The summed E-state index contributed by atoms with van der Waals surface area (Å²) in [4.78, 5) is 0. The van der Waals surface area contributed by atoms with E-state index in [0.717, 1.165) is 25.3 Å². The standard InChI is InChI=1S/C9H15NO/c1-3-5-9-8(4-2)10-6-7-11-9/h3,5,10H,4,6-7H2,1-2H3/b5-3-. The summed E-state index contributed by atoms with van der Waals surface area (Å²) in [5.74, 6) is 1.00. The third kappa shape index (κ3) is 2.00. The van der Waals surface area contributed by atoms with E-state index in [1.807, 2.05) is 19.1 Å². The van der Waals surface area contributed by atoms with Crippen LogP contribution in [0.25, 0.3) is 0 Å². The van der Waals surface area contributed by atoms with Gasteiger partial charge in [0.05, 0.1) is 5.70 Å². The summed E-state index contributed by atoms with van der Waals surface area (Å²) in [6, 6.07) is 0. The van der Waals surface area contributed by atoms with Crippen molar-refractivity contribution in [1.82, 2.24) is 5.32 Å². The molecular formula is C9H15NO. The zero-order chi connectivity index (χ0) is 8.10. The maximum absolute atomic E-state index is 5.45. The summed E-state index contributed by atoms with van der Waals surface area (Å²) in [7, 11) is 0. The van der Waals surface area contributed by atoms with Crippen molar-refractivity contribution in [3.63, 3.8) is 0 Å². The second kappa shape index (κ2) is 4.06. The van der Waals surface area contributed by atoms with Crippen LogP contribution < -0.4 is 5.32 Å². The van der Waals surface area contributed by atoms with Crippen LogP contribution in [0.4, 0.5) is 0 Å². The van der Waals surface area contributed by atoms with Crippen LogP contribution in [0.15, 0.2) is 23.6 Å². The van der Waals surface area contributed by atoms with Crippen molar-refractivity contribution in [3.8, 4) is 0 Å². The van der Waals surface area contributed by atoms with Gasteiger partial charge in [0.25, 0.3) is 0 Å². The average Bonchev–Trinajstić information content (AvgIpc) is 2.06. The van der Waals surface area contributed by atoms with Gasteiger partial charge in [-0.3, -0.25) is 0 Å². The third-order valence-electron chi connectivity index (χ3n) is 1.67. The third-order valence-corrected chi connectivity index (χ3v) is 1.67. The summed E-state index contributed by atoms with van der Waals surface area (Å²) >= 11 is 0. The quantitative estimate of drug-likeness (QED) is 0.653. The molecule has 0 saturated carbocycles. The highest BCUT2D eigenvalue weighted by atomic mass is 16.5. The molecule has 1 aliphatic rings. The van der Waals surface area contributed by atoms with Crippen molar-refractivity contribution >= 4 is 0 Å². The van der Waals surface area contributed by atoms with Crippen molar-refractivity contribution < 1.29 is 4.74 Å². The molecule has 62 valence electrons. The van der Waals surface area contributed by atoms with Gasteiger partial charge in [0, 0.05) is 6.54 Å². The molecular weight excluding hydrogens is 138 g/mol. The Balaban J connectivity index is 2.72. The number of hydrogen-bond donors (Lipinski definition) is 1. The predicted octanol–water partition coefficient (Wildman–Crippen LogP) is 1.80. The molecule has 0 fully saturated rings. The molecule has 0 aromatic rings. The van der Waals surface area contributed by atoms with Crippen molar-refractivity contribution in [2.45, 2.75) is 20.3 Å². The van der Waals surface area contributed by atoms with Crippen LogP contribution in [0, 0.1) is 0 Å². The van der Waals surface area contributed by atoms with Gasteiger partial charge in [-0.25, -0.2) is 0 Å². The Kier molecular flexibility index (Phi) is 3.02. The second-order valence-corrected chi connectivity index (χ2v) is 2.47. The molecule has 0 spiro atoms. The normalized spacial score (nSPS) is 18.4. The van der Waals surface area contributed by atoms with Crippen LogP contribution in [-0.2, 0) is 4.74 Å². The molecule has 1 rings (SSSR count). The summed E-state index contributed by atoms with van der Waals surface area (Å²) < 4.78 is 5.45. The van der Waals surface area contributed by atoms with E-state index >= 15 is 0 Å². The number of ether oxygens (including phenoxy) is 1. The maximum atomic E-state index is 5.45. The van der Waals surface area contributed by atoms with Crippen LogP contribution in [0.3, 0.4) is 0 Å². The fourth-order valence-corrected chi connectivity index (χ4v) is 1.14. The highest BCUT2D eigenvalue weighted by Crippen LogP contribution is 2.12. The minimum Gasteiger partial charge on any atom is -0.490 e. The van der Waals surface area contributed by atoms with E-state index in [0.29, 0.717) is 0 Å². The van der Waals surface area contributed by atoms with Crippen LogP contribution in [0.5, 0.6) is 0 Å². The molecule has 2 nitrogen and oxygen atoms in total. The molecule has 1 N–H and O–H groups in total. The van der Waals surface area contributed by atoms with E-state index in [4.69, 9.17) is 4.74 Å². The smallest absolute Gasteiger partial charge is 0.137 e. The highest BCUT2D eigenvalue weighted by molar-refractivity contribution is 5.20. The lowest BCUT2D eigenvalue weighted by Crippen LogP contribution is -2.25. The van der Waals surface area contributed by atoms with Gasteiger partial charge < -0.3 is 10.1 Å². The van der Waals surface area contributed by atoms with Gasteiger partial charge in [-0.1, -0.05) is 13.0 Å². The first-order valence-corrected chi connectivity index (χ1v) is 4.11. The van der Waals surface area contributed by atoms with Gasteiger partial charge in [0.2, 0.25) is 0 Å². The average molecular weight is 153 g/mol. The summed E-state index contributed by atoms with van der Waals surface area (Å²) in [6.07, 6.45) is 5.02. The van der Waals surface area contributed by atoms with Gasteiger partial charge >= 0.3 is 0 Å². The molecule has 0 atom stereocenters. The van der Waals surface area contributed by atoms with Gasteiger partial charge in [-0.15, -0.1) is 0 Å². The lowest BCUT2D eigenvalue weighted by Gasteiger charge is -2.20. The van der Waals surface area contributed by atoms with Gasteiger partial charge in [0.1, 0.15) is 12.4 Å². The molecule has 0 aromatic carbocycles. The van der Waals surface area contributed by atoms with E-state index in [2.05, 4.69) is 12.2 Å². The zero-order valence-electron chi connectivity index (χ0n) is 7.18. The SMILES string of the molecule is C/C=C\C1=C(CC)NCCO1. The fraction of sp³-hybridized carbons (Fsp3) is 0.556. The monoisotopic (exact) mass is 153 g/mol. The molecule has 1 heterocycles. The Morgan fingerprint density at radius 3 is 3.09 bits per heavy atom. The molecule has 0 aromatic heterocycles. The maximum Gasteiger partial charge on any atom is 0.137 e. The first-order chi connectivity index (χ1) is 5.38. The van der Waals surface area contributed by atoms with E-state index in [9.17, 15) is 0 Å². The van der Waals surface area contributed by atoms with Crippen molar-refractivity contribution in [2.24, 2.45) is 0 Å². The highest BCUT2D eigenvalue weighted by Gasteiger charge is 2.07. The Morgan fingerprint density at radius 2 is 2.45 bits per heavy atom. The van der Waals surface area contributed by atoms with E-state index in [-0.39, 0.29) is 0 Å². The van der Waals surface area contributed by atoms with Gasteiger partial charge in [-0.05, 0) is 19.4 Å². The van der Waals surface area contributed by atoms with Gasteiger partial charge in [0.15, 0.2) is 0 Å². The van der Waals surface area contributed by atoms with Crippen LogP contribution in [0.1, 0.15) is 20.3 Å². The fourth-order valence-electron chi connectivity index (χ4n) is 1.14. The lowest BCUT2D eigenvalue weighted by molar-refractivity contribution is 0.202. The summed E-state index contributed by atoms with van der Waals surface area (Å²) in [6.45, 7) is 5.84. The first kappa shape index (κ1) is 8.18. The molecule has 0 bridgehead atoms. The number of allylic oxidation sites excluding steroid dienone is 3. The Bertz CT molecular complexity index is 182. The van der Waals surface area contributed by atoms with Crippen molar-refractivity contribution in [3.05, 3.63) is 23.6 Å². The number of hydrogen-bond acceptors (Lipinski definition) is 2. The Hall–Kier alpha value is -0.920. The Morgan fingerprint density at radius 1 is 1.64 bits per heavy atom. The van der Waals surface area contributed by atoms with E-state index in [1.54, 1.807) is 0 Å². The molecule has 0 aliphatic carbocycles. The van der Waals surface area contributed by atoms with Gasteiger partial charge in [-0.2, -0.15) is 0 Å². The van der Waals surface area contributed by atoms with Crippen molar-refractivity contribution in [1.29, 1.82) is 0 Å². The van der Waals surface area contributed by atoms with Crippen LogP contribution in [0.2, 0.25) is 0 Å². The van der Waals surface area contributed by atoms with E-state index in [1.165, 1.54) is 5.70 Å². The number of rotatable bonds is 2. The largest absolute Gasteiger partial charge is 0.490 e. The lowest BCUT2D eigenvalue weighted by atomic mass is 10.2. The van der Waals surface area contributed by atoms with Crippen LogP contribution in [-0.4, -0.2) is 13.2 Å². The minimum absolute atomic E-state index is 0.781. The minimum atomic E-state index is 0.781. The second-order valence-electron chi connectivity index (χ2n) is 2.47. The Labute approximate surface area is 67.9 Å². The first-order valence-electron chi connectivity index (χ1n) is 4.11. The summed E-state index contributed by atoms with van der Waals surface area (Å²) in [5, 5.41) is 3.31. The zero-order valence-corrected chi connectivity index (χ0v) is 7.18. The molecule has 1 aliphatic heterocycles. The topological polar surface area (TPSA) is 21.3 Å². The molecule has 0 saturated heterocycles. The molecule has 0 amide bonds. The van der Waals surface area contributed by atoms with Crippen molar-refractivity contribution in [2.75, 3.05) is 13.2 Å². The van der Waals surface area contributed by atoms with Crippen LogP contribution >= 0.6 is 0 Å². The molecule has 11 heavy (non-hydrogen) atoms. The summed E-state index contributed by atoms with van der Waals surface area (Å²) in [5.41, 5.74) is 1.22.